The van der Waals surface area contributed by atoms with Crippen LogP contribution in [0.3, 0.4) is 0 Å². The molecule has 5 rings (SSSR count). The molecule has 1 aromatic heterocycles. The van der Waals surface area contributed by atoms with Crippen LogP contribution in [0.5, 0.6) is 0 Å². The molecule has 4 heterocycles. The van der Waals surface area contributed by atoms with E-state index in [4.69, 9.17) is 5.21 Å². The Bertz CT molecular complexity index is 625. The topological polar surface area (TPSA) is 68.7 Å². The van der Waals surface area contributed by atoms with Crippen LogP contribution in [-0.4, -0.2) is 58.1 Å². The number of hydroxylamine groups is 1. The molecule has 2 saturated heterocycles. The molecule has 130 valence electrons. The third-order valence-corrected chi connectivity index (χ3v) is 6.32. The van der Waals surface area contributed by atoms with Crippen molar-refractivity contribution >= 4 is 5.91 Å². The van der Waals surface area contributed by atoms with Gasteiger partial charge in [0.25, 0.3) is 5.91 Å². The molecule has 1 saturated carbocycles. The van der Waals surface area contributed by atoms with Gasteiger partial charge in [0, 0.05) is 37.9 Å². The van der Waals surface area contributed by atoms with Gasteiger partial charge >= 0.3 is 0 Å². The van der Waals surface area contributed by atoms with E-state index in [1.54, 1.807) is 11.7 Å². The molecule has 1 aliphatic carbocycles. The van der Waals surface area contributed by atoms with Crippen LogP contribution >= 0.6 is 0 Å². The Kier molecular flexibility index (Phi) is 4.28. The van der Waals surface area contributed by atoms with Gasteiger partial charge in [-0.15, -0.1) is 0 Å². The molecule has 6 heteroatoms. The number of aromatic nitrogens is 1. The second-order valence-corrected chi connectivity index (χ2v) is 7.56. The molecule has 1 aromatic rings. The molecule has 4 aliphatic rings. The normalized spacial score (nSPS) is 30.2. The standard InChI is InChI=1S/C18H26N4O2/c1-21-15-4-2-12(3-5-15)17(21)11-22-7-6-13-8-14(18(23)20-24)9-19-16(13)10-22/h8-9,12,15,17,24H,2-7,10-11H2,1H3,(H,20,23). The van der Waals surface area contributed by atoms with Crippen LogP contribution in [0, 0.1) is 5.92 Å². The molecule has 24 heavy (non-hydrogen) atoms. The van der Waals surface area contributed by atoms with Crippen LogP contribution < -0.4 is 5.48 Å². The first-order chi connectivity index (χ1) is 11.7. The van der Waals surface area contributed by atoms with E-state index in [-0.39, 0.29) is 0 Å². The largest absolute Gasteiger partial charge is 0.299 e. The predicted molar refractivity (Wildman–Crippen MR) is 89.8 cm³/mol. The van der Waals surface area contributed by atoms with E-state index in [1.165, 1.54) is 25.7 Å². The lowest BCUT2D eigenvalue weighted by Crippen LogP contribution is -2.57. The molecule has 1 amide bonds. The number of hydrogen-bond donors (Lipinski definition) is 2. The number of rotatable bonds is 3. The molecular formula is C18H26N4O2. The van der Waals surface area contributed by atoms with Crippen LogP contribution in [0.25, 0.3) is 0 Å². The highest BCUT2D eigenvalue weighted by Gasteiger charge is 2.40. The fraction of sp³-hybridized carbons (Fsp3) is 0.667. The second-order valence-electron chi connectivity index (χ2n) is 7.56. The van der Waals surface area contributed by atoms with Crippen LogP contribution in [0.1, 0.15) is 47.3 Å². The number of hydrogen-bond acceptors (Lipinski definition) is 5. The van der Waals surface area contributed by atoms with Crippen molar-refractivity contribution in [3.05, 3.63) is 29.1 Å². The van der Waals surface area contributed by atoms with E-state index in [0.717, 1.165) is 49.3 Å². The maximum Gasteiger partial charge on any atom is 0.276 e. The maximum atomic E-state index is 11.5. The van der Waals surface area contributed by atoms with Crippen molar-refractivity contribution in [1.82, 2.24) is 20.3 Å². The third-order valence-electron chi connectivity index (χ3n) is 6.32. The Morgan fingerprint density at radius 2 is 2.17 bits per heavy atom. The van der Waals surface area contributed by atoms with Crippen molar-refractivity contribution in [3.63, 3.8) is 0 Å². The molecule has 1 unspecified atom stereocenters. The van der Waals surface area contributed by atoms with Gasteiger partial charge in [-0.2, -0.15) is 0 Å². The summed E-state index contributed by atoms with van der Waals surface area (Å²) in [6, 6.07) is 3.33. The third kappa shape index (κ3) is 2.83. The molecule has 0 aromatic carbocycles. The first-order valence-electron chi connectivity index (χ1n) is 9.02. The highest BCUT2D eigenvalue weighted by atomic mass is 16.5. The van der Waals surface area contributed by atoms with Crippen molar-refractivity contribution < 1.29 is 10.0 Å². The first kappa shape index (κ1) is 16.0. The molecule has 6 nitrogen and oxygen atoms in total. The maximum absolute atomic E-state index is 11.5. The fourth-order valence-corrected chi connectivity index (χ4v) is 4.85. The number of carbonyl (C=O) groups excluding carboxylic acids is 1. The van der Waals surface area contributed by atoms with E-state index in [0.29, 0.717) is 11.6 Å². The molecule has 1 atom stereocenters. The van der Waals surface area contributed by atoms with Crippen LogP contribution in [-0.2, 0) is 13.0 Å². The number of nitrogens with one attached hydrogen (secondary N) is 1. The van der Waals surface area contributed by atoms with Crippen molar-refractivity contribution in [3.8, 4) is 0 Å². The second kappa shape index (κ2) is 6.43. The number of pyridine rings is 1. The van der Waals surface area contributed by atoms with Crippen molar-refractivity contribution in [2.45, 2.75) is 50.7 Å². The number of amides is 1. The molecule has 3 fully saturated rings. The zero-order chi connectivity index (χ0) is 16.7. The minimum Gasteiger partial charge on any atom is -0.299 e. The average Bonchev–Trinajstić information content (AvgIpc) is 2.64. The predicted octanol–water partition coefficient (Wildman–Crippen LogP) is 1.43. The van der Waals surface area contributed by atoms with Gasteiger partial charge in [0.2, 0.25) is 0 Å². The Morgan fingerprint density at radius 1 is 1.38 bits per heavy atom. The summed E-state index contributed by atoms with van der Waals surface area (Å²) in [5.74, 6) is 0.359. The highest BCUT2D eigenvalue weighted by Crippen LogP contribution is 2.39. The smallest absolute Gasteiger partial charge is 0.276 e. The van der Waals surface area contributed by atoms with Crippen LogP contribution in [0.4, 0.5) is 0 Å². The minimum absolute atomic E-state index is 0.425. The summed E-state index contributed by atoms with van der Waals surface area (Å²) in [4.78, 5) is 21.1. The number of piperidine rings is 2. The van der Waals surface area contributed by atoms with E-state index >= 15 is 0 Å². The van der Waals surface area contributed by atoms with Crippen molar-refractivity contribution in [1.29, 1.82) is 0 Å². The van der Waals surface area contributed by atoms with E-state index in [9.17, 15) is 4.79 Å². The zero-order valence-electron chi connectivity index (χ0n) is 14.2. The Morgan fingerprint density at radius 3 is 2.88 bits per heavy atom. The summed E-state index contributed by atoms with van der Waals surface area (Å²) in [6.07, 6.45) is 8.00. The van der Waals surface area contributed by atoms with Crippen LogP contribution in [0.2, 0.25) is 0 Å². The number of nitrogens with zero attached hydrogens (tertiary/aromatic N) is 3. The minimum atomic E-state index is -0.493. The van der Waals surface area contributed by atoms with Gasteiger partial charge in [-0.3, -0.25) is 24.8 Å². The van der Waals surface area contributed by atoms with Gasteiger partial charge in [0.1, 0.15) is 0 Å². The first-order valence-corrected chi connectivity index (χ1v) is 9.02. The van der Waals surface area contributed by atoms with Crippen LogP contribution in [0.15, 0.2) is 12.3 Å². The van der Waals surface area contributed by atoms with Crippen molar-refractivity contribution in [2.75, 3.05) is 20.1 Å². The quantitative estimate of drug-likeness (QED) is 0.648. The monoisotopic (exact) mass is 330 g/mol. The SMILES string of the molecule is CN1C2CCC(CC2)C1CN1CCc2cc(C(=O)NO)cnc2C1. The fourth-order valence-electron chi connectivity index (χ4n) is 4.85. The van der Waals surface area contributed by atoms with Crippen molar-refractivity contribution in [2.24, 2.45) is 5.92 Å². The van der Waals surface area contributed by atoms with E-state index in [1.807, 2.05) is 6.07 Å². The molecule has 2 bridgehead atoms. The summed E-state index contributed by atoms with van der Waals surface area (Å²) in [6.45, 7) is 3.00. The Balaban J connectivity index is 1.44. The summed E-state index contributed by atoms with van der Waals surface area (Å²) in [7, 11) is 2.30. The van der Waals surface area contributed by atoms with E-state index < -0.39 is 5.91 Å². The molecule has 3 aliphatic heterocycles. The van der Waals surface area contributed by atoms with Gasteiger partial charge in [-0.1, -0.05) is 0 Å². The highest BCUT2D eigenvalue weighted by molar-refractivity contribution is 5.93. The van der Waals surface area contributed by atoms with E-state index in [2.05, 4.69) is 21.8 Å². The summed E-state index contributed by atoms with van der Waals surface area (Å²) >= 11 is 0. The molecule has 2 N–H and O–H groups in total. The number of carbonyl (C=O) groups is 1. The van der Waals surface area contributed by atoms with Gasteiger partial charge in [-0.25, -0.2) is 5.48 Å². The number of fused-ring (bicyclic) bond motifs is 4. The molecule has 0 spiro atoms. The molecular weight excluding hydrogens is 304 g/mol. The lowest BCUT2D eigenvalue weighted by Gasteiger charge is -2.51. The van der Waals surface area contributed by atoms with Gasteiger partial charge in [-0.05, 0) is 56.7 Å². The molecule has 0 radical (unpaired) electrons. The zero-order valence-corrected chi connectivity index (χ0v) is 14.2. The van der Waals surface area contributed by atoms with Gasteiger partial charge < -0.3 is 0 Å². The average molecular weight is 330 g/mol. The number of likely N-dealkylation sites (N-methyl/N-ethyl adjacent to an activating group) is 1. The Hall–Kier alpha value is -1.50. The summed E-state index contributed by atoms with van der Waals surface area (Å²) in [5.41, 5.74) is 4.30. The van der Waals surface area contributed by atoms with Gasteiger partial charge in [0.05, 0.1) is 11.3 Å². The Labute approximate surface area is 142 Å². The lowest BCUT2D eigenvalue weighted by atomic mass is 9.74. The van der Waals surface area contributed by atoms with Gasteiger partial charge in [0.15, 0.2) is 0 Å². The summed E-state index contributed by atoms with van der Waals surface area (Å²) < 4.78 is 0. The summed E-state index contributed by atoms with van der Waals surface area (Å²) in [5, 5.41) is 8.75. The lowest BCUT2D eigenvalue weighted by molar-refractivity contribution is -0.0114.